The summed E-state index contributed by atoms with van der Waals surface area (Å²) in [4.78, 5) is 39.1. The predicted molar refractivity (Wildman–Crippen MR) is 127 cm³/mol. The first-order valence-corrected chi connectivity index (χ1v) is 10.6. The highest BCUT2D eigenvalue weighted by molar-refractivity contribution is 6.39. The number of nitrogens with zero attached hydrogens (tertiary/aromatic N) is 1. The smallest absolute Gasteiger partial charge is 0.335 e. The van der Waals surface area contributed by atoms with Crippen molar-refractivity contribution in [1.82, 2.24) is 5.32 Å². The van der Waals surface area contributed by atoms with Crippen molar-refractivity contribution in [2.45, 2.75) is 27.4 Å². The SMILES string of the molecule is Cc1ccc(COc2cccc(/C=C3/C(=O)NC(=O)N(c4ccc(C)cc4C)C3=O)c2)cc1. The fourth-order valence-corrected chi connectivity index (χ4v) is 3.64. The number of rotatable bonds is 5. The van der Waals surface area contributed by atoms with Crippen LogP contribution >= 0.6 is 0 Å². The molecule has 33 heavy (non-hydrogen) atoms. The quantitative estimate of drug-likeness (QED) is 0.454. The Labute approximate surface area is 192 Å². The van der Waals surface area contributed by atoms with Crippen LogP contribution in [0.3, 0.4) is 0 Å². The highest BCUT2D eigenvalue weighted by Gasteiger charge is 2.37. The maximum atomic E-state index is 13.2. The molecule has 166 valence electrons. The number of barbiturate groups is 1. The van der Waals surface area contributed by atoms with Crippen LogP contribution in [-0.4, -0.2) is 17.8 Å². The summed E-state index contributed by atoms with van der Waals surface area (Å²) in [6.45, 7) is 6.17. The van der Waals surface area contributed by atoms with E-state index in [1.807, 2.05) is 63.2 Å². The fourth-order valence-electron chi connectivity index (χ4n) is 3.64. The topological polar surface area (TPSA) is 75.7 Å². The molecule has 0 saturated carbocycles. The molecule has 0 unspecified atom stereocenters. The molecular weight excluding hydrogens is 416 g/mol. The van der Waals surface area contributed by atoms with Crippen molar-refractivity contribution in [3.63, 3.8) is 0 Å². The number of hydrogen-bond acceptors (Lipinski definition) is 4. The van der Waals surface area contributed by atoms with E-state index >= 15 is 0 Å². The molecule has 0 radical (unpaired) electrons. The third-order valence-electron chi connectivity index (χ3n) is 5.39. The van der Waals surface area contributed by atoms with E-state index in [0.717, 1.165) is 21.6 Å². The van der Waals surface area contributed by atoms with Crippen LogP contribution < -0.4 is 15.0 Å². The number of urea groups is 1. The van der Waals surface area contributed by atoms with Crippen LogP contribution in [0.2, 0.25) is 0 Å². The molecule has 6 nitrogen and oxygen atoms in total. The molecule has 4 rings (SSSR count). The lowest BCUT2D eigenvalue weighted by Crippen LogP contribution is -2.54. The van der Waals surface area contributed by atoms with Crippen LogP contribution in [-0.2, 0) is 16.2 Å². The average molecular weight is 440 g/mol. The fraction of sp³-hybridized carbons (Fsp3) is 0.148. The van der Waals surface area contributed by atoms with E-state index in [4.69, 9.17) is 4.74 Å². The Bertz CT molecular complexity index is 1280. The Balaban J connectivity index is 1.58. The van der Waals surface area contributed by atoms with Crippen molar-refractivity contribution in [2.75, 3.05) is 4.90 Å². The van der Waals surface area contributed by atoms with Crippen LogP contribution in [0.15, 0.2) is 72.3 Å². The lowest BCUT2D eigenvalue weighted by atomic mass is 10.0. The molecule has 1 fully saturated rings. The van der Waals surface area contributed by atoms with Gasteiger partial charge in [0.15, 0.2) is 0 Å². The van der Waals surface area contributed by atoms with Crippen molar-refractivity contribution in [1.29, 1.82) is 0 Å². The number of carbonyl (C=O) groups is 3. The lowest BCUT2D eigenvalue weighted by Gasteiger charge is -2.27. The Kier molecular flexibility index (Phi) is 6.09. The zero-order valence-electron chi connectivity index (χ0n) is 18.7. The molecule has 0 aromatic heterocycles. The minimum absolute atomic E-state index is 0.120. The van der Waals surface area contributed by atoms with Crippen LogP contribution in [0.5, 0.6) is 5.75 Å². The van der Waals surface area contributed by atoms with Crippen molar-refractivity contribution in [3.8, 4) is 5.75 Å². The molecule has 1 N–H and O–H groups in total. The minimum atomic E-state index is -0.760. The molecular formula is C27H24N2O4. The Hall–Kier alpha value is -4.19. The summed E-state index contributed by atoms with van der Waals surface area (Å²) in [5.41, 5.74) is 4.92. The van der Waals surface area contributed by atoms with Gasteiger partial charge in [-0.3, -0.25) is 14.9 Å². The molecule has 1 saturated heterocycles. The molecule has 3 aromatic rings. The third kappa shape index (κ3) is 4.85. The molecule has 1 aliphatic rings. The molecule has 1 aliphatic heterocycles. The van der Waals surface area contributed by atoms with Gasteiger partial charge in [-0.05, 0) is 61.7 Å². The van der Waals surface area contributed by atoms with Gasteiger partial charge in [0.25, 0.3) is 11.8 Å². The number of ether oxygens (including phenoxy) is 1. The van der Waals surface area contributed by atoms with E-state index in [1.165, 1.54) is 11.6 Å². The van der Waals surface area contributed by atoms with Crippen LogP contribution in [0.25, 0.3) is 6.08 Å². The second-order valence-electron chi connectivity index (χ2n) is 8.09. The molecule has 6 heteroatoms. The maximum Gasteiger partial charge on any atom is 0.335 e. The van der Waals surface area contributed by atoms with Gasteiger partial charge in [0.05, 0.1) is 5.69 Å². The molecule has 3 aromatic carbocycles. The second-order valence-corrected chi connectivity index (χ2v) is 8.09. The summed E-state index contributed by atoms with van der Waals surface area (Å²) >= 11 is 0. The minimum Gasteiger partial charge on any atom is -0.489 e. The van der Waals surface area contributed by atoms with Gasteiger partial charge < -0.3 is 4.74 Å². The Morgan fingerprint density at radius 1 is 0.879 bits per heavy atom. The number of benzene rings is 3. The van der Waals surface area contributed by atoms with Gasteiger partial charge in [0, 0.05) is 0 Å². The molecule has 4 amide bonds. The van der Waals surface area contributed by atoms with Crippen molar-refractivity contribution < 1.29 is 19.1 Å². The second kappa shape index (κ2) is 9.12. The largest absolute Gasteiger partial charge is 0.489 e. The Morgan fingerprint density at radius 3 is 2.33 bits per heavy atom. The van der Waals surface area contributed by atoms with Crippen LogP contribution in [0.4, 0.5) is 10.5 Å². The summed E-state index contributed by atoms with van der Waals surface area (Å²) < 4.78 is 5.87. The van der Waals surface area contributed by atoms with Crippen molar-refractivity contribution in [2.24, 2.45) is 0 Å². The van der Waals surface area contributed by atoms with E-state index in [2.05, 4.69) is 5.32 Å². The van der Waals surface area contributed by atoms with Gasteiger partial charge in [-0.2, -0.15) is 0 Å². The standard InChI is InChI=1S/C27H24N2O4/c1-17-7-10-20(11-8-17)16-33-22-6-4-5-21(14-22)15-23-25(30)28-27(32)29(26(23)31)24-12-9-18(2)13-19(24)3/h4-15H,16H2,1-3H3,(H,28,30,32)/b23-15-. The number of anilines is 1. The molecule has 0 bridgehead atoms. The zero-order chi connectivity index (χ0) is 23.5. The normalized spacial score (nSPS) is 15.1. The van der Waals surface area contributed by atoms with Gasteiger partial charge in [0.2, 0.25) is 0 Å². The van der Waals surface area contributed by atoms with E-state index in [0.29, 0.717) is 23.6 Å². The predicted octanol–water partition coefficient (Wildman–Crippen LogP) is 4.86. The van der Waals surface area contributed by atoms with Gasteiger partial charge in [-0.25, -0.2) is 9.69 Å². The molecule has 0 atom stereocenters. The zero-order valence-corrected chi connectivity index (χ0v) is 18.7. The van der Waals surface area contributed by atoms with Crippen LogP contribution in [0, 0.1) is 20.8 Å². The molecule has 0 aliphatic carbocycles. The van der Waals surface area contributed by atoms with E-state index < -0.39 is 17.8 Å². The summed E-state index contributed by atoms with van der Waals surface area (Å²) in [5.74, 6) is -0.783. The Morgan fingerprint density at radius 2 is 1.61 bits per heavy atom. The molecule has 1 heterocycles. The van der Waals surface area contributed by atoms with Gasteiger partial charge >= 0.3 is 6.03 Å². The first-order chi connectivity index (χ1) is 15.8. The van der Waals surface area contributed by atoms with Crippen molar-refractivity contribution in [3.05, 3.63) is 100 Å². The van der Waals surface area contributed by atoms with E-state index in [1.54, 1.807) is 24.3 Å². The lowest BCUT2D eigenvalue weighted by molar-refractivity contribution is -0.122. The van der Waals surface area contributed by atoms with Gasteiger partial charge in [0.1, 0.15) is 17.9 Å². The number of hydrogen-bond donors (Lipinski definition) is 1. The summed E-state index contributed by atoms with van der Waals surface area (Å²) in [5, 5.41) is 2.26. The first-order valence-electron chi connectivity index (χ1n) is 10.6. The van der Waals surface area contributed by atoms with Crippen molar-refractivity contribution >= 4 is 29.6 Å². The number of aryl methyl sites for hydroxylation is 3. The summed E-state index contributed by atoms with van der Waals surface area (Å²) in [7, 11) is 0. The average Bonchev–Trinajstić information content (AvgIpc) is 2.78. The highest BCUT2D eigenvalue weighted by atomic mass is 16.5. The van der Waals surface area contributed by atoms with E-state index in [9.17, 15) is 14.4 Å². The summed E-state index contributed by atoms with van der Waals surface area (Å²) in [6.07, 6.45) is 1.47. The van der Waals surface area contributed by atoms with Crippen LogP contribution in [0.1, 0.15) is 27.8 Å². The number of nitrogens with one attached hydrogen (secondary N) is 1. The van der Waals surface area contributed by atoms with Gasteiger partial charge in [-0.15, -0.1) is 0 Å². The third-order valence-corrected chi connectivity index (χ3v) is 5.39. The van der Waals surface area contributed by atoms with Gasteiger partial charge in [-0.1, -0.05) is 59.7 Å². The maximum absolute atomic E-state index is 13.2. The number of carbonyl (C=O) groups excluding carboxylic acids is 3. The summed E-state index contributed by atoms with van der Waals surface area (Å²) in [6, 6.07) is 19.8. The first kappa shape index (κ1) is 22.0. The number of imide groups is 2. The monoisotopic (exact) mass is 440 g/mol. The van der Waals surface area contributed by atoms with E-state index in [-0.39, 0.29) is 5.57 Å². The highest BCUT2D eigenvalue weighted by Crippen LogP contribution is 2.26. The number of amides is 4. The molecule has 0 spiro atoms.